The van der Waals surface area contributed by atoms with Crippen molar-refractivity contribution in [1.29, 1.82) is 0 Å². The summed E-state index contributed by atoms with van der Waals surface area (Å²) in [7, 11) is 0. The van der Waals surface area contributed by atoms with Crippen LogP contribution in [0.4, 0.5) is 0 Å². The van der Waals surface area contributed by atoms with E-state index in [-0.39, 0.29) is 0 Å². The minimum Gasteiger partial charge on any atom is -0.0654 e. The molecule has 0 N–H and O–H groups in total. The van der Waals surface area contributed by atoms with E-state index in [1.54, 1.807) is 0 Å². The van der Waals surface area contributed by atoms with E-state index in [1.165, 1.54) is 107 Å². The number of aryl methyl sites for hydroxylation is 2. The van der Waals surface area contributed by atoms with Gasteiger partial charge in [-0.15, -0.1) is 0 Å². The van der Waals surface area contributed by atoms with Gasteiger partial charge in [-0.25, -0.2) is 0 Å². The van der Waals surface area contributed by atoms with E-state index in [0.29, 0.717) is 0 Å². The fraction of sp³-hybridized carbons (Fsp3) is 0.739. The monoisotopic (exact) mass is 316 g/mol. The molecule has 0 atom stereocenters. The maximum absolute atomic E-state index is 2.36. The summed E-state index contributed by atoms with van der Waals surface area (Å²) in [5.74, 6) is 0. The van der Waals surface area contributed by atoms with Crippen LogP contribution in [-0.2, 0) is 12.8 Å². The molecule has 0 amide bonds. The van der Waals surface area contributed by atoms with Crippen molar-refractivity contribution in [3.8, 4) is 0 Å². The highest BCUT2D eigenvalue weighted by Crippen LogP contribution is 2.14. The lowest BCUT2D eigenvalue weighted by atomic mass is 10.0. The van der Waals surface area contributed by atoms with E-state index in [9.17, 15) is 0 Å². The van der Waals surface area contributed by atoms with Gasteiger partial charge in [-0.3, -0.25) is 0 Å². The predicted molar refractivity (Wildman–Crippen MR) is 105 cm³/mol. The molecule has 0 heteroatoms. The van der Waals surface area contributed by atoms with Crippen molar-refractivity contribution in [2.75, 3.05) is 0 Å². The summed E-state index contributed by atoms with van der Waals surface area (Å²) in [5, 5.41) is 0. The van der Waals surface area contributed by atoms with Gasteiger partial charge in [0.2, 0.25) is 0 Å². The molecule has 132 valence electrons. The van der Waals surface area contributed by atoms with E-state index in [0.717, 1.165) is 0 Å². The van der Waals surface area contributed by atoms with Crippen molar-refractivity contribution in [3.63, 3.8) is 0 Å². The van der Waals surface area contributed by atoms with Crippen LogP contribution in [0.5, 0.6) is 0 Å². The van der Waals surface area contributed by atoms with Gasteiger partial charge in [-0.05, 0) is 36.8 Å². The molecule has 0 aliphatic heterocycles. The molecule has 23 heavy (non-hydrogen) atoms. The van der Waals surface area contributed by atoms with Crippen molar-refractivity contribution < 1.29 is 0 Å². The highest BCUT2D eigenvalue weighted by atomic mass is 14.0. The number of hydrogen-bond donors (Lipinski definition) is 0. The van der Waals surface area contributed by atoms with Crippen molar-refractivity contribution in [3.05, 3.63) is 35.4 Å². The maximum Gasteiger partial charge on any atom is -0.0279 e. The fourth-order valence-electron chi connectivity index (χ4n) is 3.27. The summed E-state index contributed by atoms with van der Waals surface area (Å²) in [6, 6.07) is 9.41. The van der Waals surface area contributed by atoms with E-state index in [4.69, 9.17) is 0 Å². The maximum atomic E-state index is 2.36. The summed E-state index contributed by atoms with van der Waals surface area (Å²) in [5.41, 5.74) is 3.05. The molecule has 0 radical (unpaired) electrons. The zero-order valence-electron chi connectivity index (χ0n) is 15.9. The standard InChI is InChI=1S/C23H40/c1-3-5-7-8-9-10-11-12-13-15-17-23-20-18-22(19-21-23)16-14-6-4-2/h18-21H,3-17H2,1-2H3. The van der Waals surface area contributed by atoms with Gasteiger partial charge in [0.05, 0.1) is 0 Å². The largest absolute Gasteiger partial charge is 0.0654 e. The molecule has 0 saturated heterocycles. The zero-order valence-corrected chi connectivity index (χ0v) is 15.9. The first kappa shape index (κ1) is 20.3. The van der Waals surface area contributed by atoms with Gasteiger partial charge in [-0.2, -0.15) is 0 Å². The topological polar surface area (TPSA) is 0 Å². The van der Waals surface area contributed by atoms with Crippen molar-refractivity contribution in [2.45, 2.75) is 110 Å². The zero-order chi connectivity index (χ0) is 16.6. The normalized spacial score (nSPS) is 11.0. The summed E-state index contributed by atoms with van der Waals surface area (Å²) in [4.78, 5) is 0. The van der Waals surface area contributed by atoms with Gasteiger partial charge in [-0.1, -0.05) is 109 Å². The lowest BCUT2D eigenvalue weighted by molar-refractivity contribution is 0.556. The number of rotatable bonds is 15. The van der Waals surface area contributed by atoms with Crippen molar-refractivity contribution in [1.82, 2.24) is 0 Å². The first-order valence-electron chi connectivity index (χ1n) is 10.4. The molecule has 1 aromatic rings. The van der Waals surface area contributed by atoms with Crippen LogP contribution in [0.3, 0.4) is 0 Å². The minimum atomic E-state index is 1.26. The van der Waals surface area contributed by atoms with Crippen LogP contribution >= 0.6 is 0 Å². The van der Waals surface area contributed by atoms with E-state index in [1.807, 2.05) is 0 Å². The third kappa shape index (κ3) is 11.4. The molecule has 0 aromatic heterocycles. The second-order valence-electron chi connectivity index (χ2n) is 7.21. The first-order chi connectivity index (χ1) is 11.4. The molecule has 0 fully saturated rings. The van der Waals surface area contributed by atoms with Crippen molar-refractivity contribution in [2.24, 2.45) is 0 Å². The number of hydrogen-bond acceptors (Lipinski definition) is 0. The van der Waals surface area contributed by atoms with Gasteiger partial charge in [0.25, 0.3) is 0 Å². The lowest BCUT2D eigenvalue weighted by Gasteiger charge is -2.05. The van der Waals surface area contributed by atoms with Gasteiger partial charge >= 0.3 is 0 Å². The summed E-state index contributed by atoms with van der Waals surface area (Å²) < 4.78 is 0. The van der Waals surface area contributed by atoms with Gasteiger partial charge in [0.15, 0.2) is 0 Å². The quantitative estimate of drug-likeness (QED) is 0.289. The van der Waals surface area contributed by atoms with Crippen LogP contribution in [-0.4, -0.2) is 0 Å². The summed E-state index contributed by atoms with van der Waals surface area (Å²) >= 11 is 0. The lowest BCUT2D eigenvalue weighted by Crippen LogP contribution is -1.89. The average Bonchev–Trinajstić information content (AvgIpc) is 2.58. The molecule has 0 spiro atoms. The Hall–Kier alpha value is -0.780. The molecular weight excluding hydrogens is 276 g/mol. The Morgan fingerprint density at radius 3 is 1.17 bits per heavy atom. The van der Waals surface area contributed by atoms with Crippen molar-refractivity contribution >= 4 is 0 Å². The second kappa shape index (κ2) is 14.8. The Morgan fingerprint density at radius 1 is 0.435 bits per heavy atom. The number of unbranched alkanes of at least 4 members (excludes halogenated alkanes) is 11. The molecule has 0 aliphatic rings. The molecule has 0 heterocycles. The van der Waals surface area contributed by atoms with Crippen LogP contribution in [0.2, 0.25) is 0 Å². The molecule has 0 saturated carbocycles. The fourth-order valence-corrected chi connectivity index (χ4v) is 3.27. The third-order valence-corrected chi connectivity index (χ3v) is 4.91. The van der Waals surface area contributed by atoms with E-state index < -0.39 is 0 Å². The minimum absolute atomic E-state index is 1.26. The molecule has 1 rings (SSSR count). The number of benzene rings is 1. The highest BCUT2D eigenvalue weighted by Gasteiger charge is 1.97. The molecule has 0 nitrogen and oxygen atoms in total. The molecule has 0 bridgehead atoms. The SMILES string of the molecule is CCCCCCCCCCCCc1ccc(CCCCC)cc1. The second-order valence-corrected chi connectivity index (χ2v) is 7.21. The van der Waals surface area contributed by atoms with E-state index in [2.05, 4.69) is 38.1 Å². The molecular formula is C23H40. The average molecular weight is 317 g/mol. The van der Waals surface area contributed by atoms with Gasteiger partial charge < -0.3 is 0 Å². The Morgan fingerprint density at radius 2 is 0.739 bits per heavy atom. The van der Waals surface area contributed by atoms with Crippen LogP contribution in [0.1, 0.15) is 108 Å². The third-order valence-electron chi connectivity index (χ3n) is 4.91. The Balaban J connectivity index is 1.97. The Bertz CT molecular complexity index is 349. The Labute approximate surface area is 146 Å². The summed E-state index contributed by atoms with van der Waals surface area (Å²) in [6.45, 7) is 4.57. The van der Waals surface area contributed by atoms with Crippen LogP contribution in [0.15, 0.2) is 24.3 Å². The highest BCUT2D eigenvalue weighted by molar-refractivity contribution is 5.22. The van der Waals surface area contributed by atoms with Gasteiger partial charge in [0, 0.05) is 0 Å². The van der Waals surface area contributed by atoms with Crippen LogP contribution in [0, 0.1) is 0 Å². The first-order valence-corrected chi connectivity index (χ1v) is 10.4. The van der Waals surface area contributed by atoms with Crippen LogP contribution < -0.4 is 0 Å². The molecule has 1 aromatic carbocycles. The molecule has 0 aliphatic carbocycles. The summed E-state index contributed by atoms with van der Waals surface area (Å²) in [6.07, 6.45) is 20.8. The predicted octanol–water partition coefficient (Wildman–Crippen LogP) is 7.88. The van der Waals surface area contributed by atoms with Crippen LogP contribution in [0.25, 0.3) is 0 Å². The van der Waals surface area contributed by atoms with E-state index >= 15 is 0 Å². The smallest absolute Gasteiger partial charge is 0.0279 e. The van der Waals surface area contributed by atoms with Gasteiger partial charge in [0.1, 0.15) is 0 Å². The Kier molecular flexibility index (Phi) is 13.0. The molecule has 0 unspecified atom stereocenters.